The highest BCUT2D eigenvalue weighted by Crippen LogP contribution is 2.26. The number of carbonyl (C=O) groups is 2. The predicted octanol–water partition coefficient (Wildman–Crippen LogP) is 2.77. The molecule has 0 radical (unpaired) electrons. The second-order valence-corrected chi connectivity index (χ2v) is 5.80. The quantitative estimate of drug-likeness (QED) is 0.868. The van der Waals surface area contributed by atoms with Crippen molar-refractivity contribution in [3.63, 3.8) is 0 Å². The van der Waals surface area contributed by atoms with Crippen molar-refractivity contribution in [2.75, 3.05) is 7.11 Å². The van der Waals surface area contributed by atoms with Crippen LogP contribution in [0.3, 0.4) is 0 Å². The monoisotopic (exact) mass is 297 g/mol. The molecule has 0 fully saturated rings. The van der Waals surface area contributed by atoms with E-state index in [2.05, 4.69) is 5.32 Å². The first-order chi connectivity index (χ1) is 9.61. The number of hydrogen-bond donors (Lipinski definition) is 1. The maximum absolute atomic E-state index is 13.4. The zero-order valence-corrected chi connectivity index (χ0v) is 12.8. The van der Waals surface area contributed by atoms with Gasteiger partial charge in [0.1, 0.15) is 17.4 Å². The molecule has 0 aliphatic rings. The molecule has 1 aromatic rings. The van der Waals surface area contributed by atoms with Crippen LogP contribution in [0.25, 0.3) is 0 Å². The van der Waals surface area contributed by atoms with Crippen LogP contribution in [0, 0.1) is 5.82 Å². The number of halogens is 1. The van der Waals surface area contributed by atoms with Gasteiger partial charge in [0.05, 0.1) is 7.11 Å². The molecule has 1 atom stereocenters. The van der Waals surface area contributed by atoms with E-state index >= 15 is 0 Å². The molecule has 5 nitrogen and oxygen atoms in total. The van der Waals surface area contributed by atoms with Crippen molar-refractivity contribution < 1.29 is 23.5 Å². The van der Waals surface area contributed by atoms with Crippen molar-refractivity contribution in [3.8, 4) is 5.75 Å². The fourth-order valence-corrected chi connectivity index (χ4v) is 1.67. The maximum atomic E-state index is 13.4. The number of hydrogen-bond acceptors (Lipinski definition) is 4. The first-order valence-corrected chi connectivity index (χ1v) is 6.43. The lowest BCUT2D eigenvalue weighted by Gasteiger charge is -2.28. The molecule has 1 unspecified atom stereocenters. The molecule has 1 N–H and O–H groups in total. The van der Waals surface area contributed by atoms with E-state index in [1.54, 1.807) is 20.8 Å². The van der Waals surface area contributed by atoms with Crippen LogP contribution in [-0.4, -0.2) is 25.1 Å². The lowest BCUT2D eigenvalue weighted by atomic mass is 9.93. The molecule has 0 bridgehead atoms. The van der Waals surface area contributed by atoms with Gasteiger partial charge in [0.2, 0.25) is 0 Å². The lowest BCUT2D eigenvalue weighted by Crippen LogP contribution is -2.46. The minimum atomic E-state index is -1.34. The first kappa shape index (κ1) is 16.9. The van der Waals surface area contributed by atoms with E-state index < -0.39 is 23.1 Å². The number of amides is 1. The molecule has 0 aliphatic carbocycles. The SMILES string of the molecule is COc1cc(C(C)(C=O)NC(=O)OC(C)(C)C)ccc1F. The van der Waals surface area contributed by atoms with Gasteiger partial charge in [-0.1, -0.05) is 6.07 Å². The fraction of sp³-hybridized carbons (Fsp3) is 0.467. The summed E-state index contributed by atoms with van der Waals surface area (Å²) < 4.78 is 23.4. The lowest BCUT2D eigenvalue weighted by molar-refractivity contribution is -0.113. The molecule has 0 aliphatic heterocycles. The van der Waals surface area contributed by atoms with E-state index in [-0.39, 0.29) is 5.75 Å². The third-order valence-corrected chi connectivity index (χ3v) is 2.75. The van der Waals surface area contributed by atoms with Gasteiger partial charge in [0, 0.05) is 0 Å². The molecule has 6 heteroatoms. The van der Waals surface area contributed by atoms with E-state index in [0.717, 1.165) is 0 Å². The highest BCUT2D eigenvalue weighted by Gasteiger charge is 2.31. The van der Waals surface area contributed by atoms with Crippen LogP contribution in [0.5, 0.6) is 5.75 Å². The van der Waals surface area contributed by atoms with Crippen LogP contribution in [0.15, 0.2) is 18.2 Å². The van der Waals surface area contributed by atoms with E-state index in [9.17, 15) is 14.0 Å². The Morgan fingerprint density at radius 1 is 1.29 bits per heavy atom. The topological polar surface area (TPSA) is 64.6 Å². The standard InChI is InChI=1S/C15H20FNO4/c1-14(2,3)21-13(19)17-15(4,9-18)10-6-7-11(16)12(8-10)20-5/h6-9H,1-5H3,(H,17,19). The Morgan fingerprint density at radius 3 is 2.38 bits per heavy atom. The maximum Gasteiger partial charge on any atom is 0.408 e. The van der Waals surface area contributed by atoms with Crippen LogP contribution in [-0.2, 0) is 15.1 Å². The van der Waals surface area contributed by atoms with Gasteiger partial charge in [-0.3, -0.25) is 0 Å². The van der Waals surface area contributed by atoms with Crippen molar-refractivity contribution in [1.29, 1.82) is 0 Å². The van der Waals surface area contributed by atoms with E-state index in [1.165, 1.54) is 32.2 Å². The predicted molar refractivity (Wildman–Crippen MR) is 75.7 cm³/mol. The number of methoxy groups -OCH3 is 1. The summed E-state index contributed by atoms with van der Waals surface area (Å²) in [6, 6.07) is 3.94. The van der Waals surface area contributed by atoms with Crippen LogP contribution < -0.4 is 10.1 Å². The molecule has 0 spiro atoms. The van der Waals surface area contributed by atoms with Crippen molar-refractivity contribution in [2.45, 2.75) is 38.8 Å². The molecule has 0 saturated heterocycles. The molecule has 1 rings (SSSR count). The van der Waals surface area contributed by atoms with E-state index in [4.69, 9.17) is 9.47 Å². The van der Waals surface area contributed by atoms with Crippen molar-refractivity contribution in [1.82, 2.24) is 5.32 Å². The molecule has 116 valence electrons. The van der Waals surface area contributed by atoms with E-state index in [0.29, 0.717) is 11.8 Å². The van der Waals surface area contributed by atoms with Gasteiger partial charge in [-0.15, -0.1) is 0 Å². The van der Waals surface area contributed by atoms with Gasteiger partial charge in [-0.25, -0.2) is 9.18 Å². The average Bonchev–Trinajstić information content (AvgIpc) is 2.36. The highest BCUT2D eigenvalue weighted by atomic mass is 19.1. The summed E-state index contributed by atoms with van der Waals surface area (Å²) in [6.45, 7) is 6.64. The van der Waals surface area contributed by atoms with Gasteiger partial charge in [0.15, 0.2) is 11.6 Å². The number of aldehydes is 1. The van der Waals surface area contributed by atoms with Gasteiger partial charge in [-0.05, 0) is 45.4 Å². The summed E-state index contributed by atoms with van der Waals surface area (Å²) in [5.74, 6) is -0.557. The summed E-state index contributed by atoms with van der Waals surface area (Å²) >= 11 is 0. The van der Waals surface area contributed by atoms with E-state index in [1.807, 2.05) is 0 Å². The Kier molecular flexibility index (Phi) is 4.93. The summed E-state index contributed by atoms with van der Waals surface area (Å²) in [5, 5.41) is 2.48. The summed E-state index contributed by atoms with van der Waals surface area (Å²) in [5.41, 5.74) is -1.64. The minimum absolute atomic E-state index is 0.00781. The van der Waals surface area contributed by atoms with Crippen molar-refractivity contribution >= 4 is 12.4 Å². The number of nitrogens with one attached hydrogen (secondary N) is 1. The van der Waals surface area contributed by atoms with Gasteiger partial charge in [-0.2, -0.15) is 0 Å². The first-order valence-electron chi connectivity index (χ1n) is 6.43. The Labute approximate surface area is 123 Å². The second-order valence-electron chi connectivity index (χ2n) is 5.80. The minimum Gasteiger partial charge on any atom is -0.494 e. The molecule has 1 aromatic carbocycles. The average molecular weight is 297 g/mol. The Bertz CT molecular complexity index is 539. The van der Waals surface area contributed by atoms with Gasteiger partial charge < -0.3 is 19.6 Å². The van der Waals surface area contributed by atoms with Crippen LogP contribution in [0.4, 0.5) is 9.18 Å². The fourth-order valence-electron chi connectivity index (χ4n) is 1.67. The Morgan fingerprint density at radius 2 is 1.90 bits per heavy atom. The molecule has 0 aromatic heterocycles. The Hall–Kier alpha value is -2.11. The van der Waals surface area contributed by atoms with Gasteiger partial charge in [0.25, 0.3) is 0 Å². The summed E-state index contributed by atoms with van der Waals surface area (Å²) in [4.78, 5) is 23.2. The third-order valence-electron chi connectivity index (χ3n) is 2.75. The zero-order valence-electron chi connectivity index (χ0n) is 12.8. The number of carbonyl (C=O) groups excluding carboxylic acids is 2. The third kappa shape index (κ3) is 4.44. The molecule has 0 saturated carbocycles. The molecule has 21 heavy (non-hydrogen) atoms. The molecular formula is C15H20FNO4. The smallest absolute Gasteiger partial charge is 0.408 e. The largest absolute Gasteiger partial charge is 0.494 e. The van der Waals surface area contributed by atoms with Crippen molar-refractivity contribution in [3.05, 3.63) is 29.6 Å². The molecule has 1 amide bonds. The zero-order chi connectivity index (χ0) is 16.3. The number of rotatable bonds is 4. The van der Waals surface area contributed by atoms with Crippen LogP contribution in [0.2, 0.25) is 0 Å². The van der Waals surface area contributed by atoms with Crippen LogP contribution >= 0.6 is 0 Å². The van der Waals surface area contributed by atoms with Crippen LogP contribution in [0.1, 0.15) is 33.3 Å². The summed E-state index contributed by atoms with van der Waals surface area (Å²) in [7, 11) is 1.32. The number of ether oxygens (including phenoxy) is 2. The number of alkyl carbamates (subject to hydrolysis) is 1. The van der Waals surface area contributed by atoms with Gasteiger partial charge >= 0.3 is 6.09 Å². The van der Waals surface area contributed by atoms with Crippen molar-refractivity contribution in [2.24, 2.45) is 0 Å². The Balaban J connectivity index is 3.04. The highest BCUT2D eigenvalue weighted by molar-refractivity contribution is 5.78. The normalized spacial score (nSPS) is 14.0. The molecule has 0 heterocycles. The second kappa shape index (κ2) is 6.11. The number of benzene rings is 1. The molecular weight excluding hydrogens is 277 g/mol. The summed E-state index contributed by atoms with van der Waals surface area (Å²) in [6.07, 6.45) is -0.177.